The molecule has 1 aromatic heterocycles. The molecule has 300 valence electrons. The molecule has 10 N–H and O–H groups in total. The first-order valence-corrected chi connectivity index (χ1v) is 16.9. The second-order valence-electron chi connectivity index (χ2n) is 12.8. The molecule has 2 aliphatic heterocycles. The van der Waals surface area contributed by atoms with Crippen molar-refractivity contribution in [3.63, 3.8) is 0 Å². The fourth-order valence-electron chi connectivity index (χ4n) is 5.95. The van der Waals surface area contributed by atoms with Gasteiger partial charge in [-0.25, -0.2) is 9.21 Å². The van der Waals surface area contributed by atoms with E-state index in [9.17, 15) is 61.0 Å². The van der Waals surface area contributed by atoms with E-state index in [1.807, 2.05) is 0 Å². The number of hydrogen-bond acceptors (Lipinski definition) is 18. The predicted molar refractivity (Wildman–Crippen MR) is 185 cm³/mol. The summed E-state index contributed by atoms with van der Waals surface area (Å²) in [4.78, 5) is 12.5. The number of hydrogen-bond donors (Lipinski definition) is 10. The minimum atomic E-state index is -1.95. The lowest BCUT2D eigenvalue weighted by atomic mass is 9.99. The van der Waals surface area contributed by atoms with Gasteiger partial charge in [0.15, 0.2) is 11.5 Å². The number of ether oxygens (including phenoxy) is 6. The van der Waals surface area contributed by atoms with Gasteiger partial charge < -0.3 is 84.6 Å². The fourth-order valence-corrected chi connectivity index (χ4v) is 5.95. The van der Waals surface area contributed by atoms with Gasteiger partial charge in [-0.2, -0.15) is 0 Å². The van der Waals surface area contributed by atoms with Crippen LogP contribution in [-0.2, 0) is 19.0 Å². The third-order valence-electron chi connectivity index (χ3n) is 9.02. The zero-order valence-electron chi connectivity index (χ0n) is 29.2. The SMILES string of the molecule is COc1cc(-c2[o+]c3cc(O)cc(O[C@@H]4O[C@H](C[O-])[C@@H](O)[C@H](O)[C@H]4O)c3cc2O[C@@H]2O[C@H](COC(=O)/C=C/c3ccc(O)cc3)[C@@H](O)[C@H](O)[C@H]2O)cc(O)c1O. The van der Waals surface area contributed by atoms with Crippen LogP contribution in [0.1, 0.15) is 5.56 Å². The largest absolute Gasteiger partial charge is 0.853 e. The van der Waals surface area contributed by atoms with Crippen molar-refractivity contribution in [1.29, 1.82) is 0 Å². The van der Waals surface area contributed by atoms with Gasteiger partial charge in [0.2, 0.25) is 24.1 Å². The van der Waals surface area contributed by atoms with Gasteiger partial charge >= 0.3 is 17.3 Å². The van der Waals surface area contributed by atoms with E-state index in [1.165, 1.54) is 37.5 Å². The first-order chi connectivity index (χ1) is 26.7. The smallest absolute Gasteiger partial charge is 0.402 e. The molecule has 4 aromatic rings. The number of phenolic OH excluding ortho intramolecular Hbond substituents is 4. The number of carbonyl (C=O) groups is 1. The Morgan fingerprint density at radius 3 is 2.02 bits per heavy atom. The van der Waals surface area contributed by atoms with Crippen LogP contribution >= 0.6 is 0 Å². The first-order valence-electron chi connectivity index (χ1n) is 16.9. The van der Waals surface area contributed by atoms with Crippen LogP contribution in [0.15, 0.2) is 65.1 Å². The summed E-state index contributed by atoms with van der Waals surface area (Å²) in [5.74, 6) is -3.68. The maximum Gasteiger partial charge on any atom is 0.402 e. The molecular formula is C37H38O19. The van der Waals surface area contributed by atoms with Gasteiger partial charge in [0.25, 0.3) is 0 Å². The van der Waals surface area contributed by atoms with Crippen LogP contribution in [0.3, 0.4) is 0 Å². The third kappa shape index (κ3) is 8.35. The van der Waals surface area contributed by atoms with E-state index in [-0.39, 0.29) is 45.3 Å². The second-order valence-corrected chi connectivity index (χ2v) is 12.8. The Hall–Kier alpha value is -5.48. The van der Waals surface area contributed by atoms with Crippen molar-refractivity contribution in [3.05, 3.63) is 66.2 Å². The van der Waals surface area contributed by atoms with Gasteiger partial charge in [-0.1, -0.05) is 12.1 Å². The molecule has 2 fully saturated rings. The molecule has 0 bridgehead atoms. The highest BCUT2D eigenvalue weighted by Crippen LogP contribution is 2.46. The fraction of sp³-hybridized carbons (Fsp3) is 0.351. The Labute approximate surface area is 316 Å². The Morgan fingerprint density at radius 2 is 1.38 bits per heavy atom. The zero-order valence-corrected chi connectivity index (χ0v) is 29.2. The number of phenols is 4. The highest BCUT2D eigenvalue weighted by atomic mass is 16.7. The molecule has 0 saturated carbocycles. The van der Waals surface area contributed by atoms with E-state index in [2.05, 4.69) is 0 Å². The Bertz CT molecular complexity index is 2050. The molecule has 0 radical (unpaired) electrons. The highest BCUT2D eigenvalue weighted by molar-refractivity contribution is 5.89. The Kier molecular flexibility index (Phi) is 12.0. The molecule has 19 heteroatoms. The van der Waals surface area contributed by atoms with Crippen molar-refractivity contribution in [2.45, 2.75) is 61.4 Å². The van der Waals surface area contributed by atoms with Crippen molar-refractivity contribution in [2.24, 2.45) is 0 Å². The molecule has 0 unspecified atom stereocenters. The summed E-state index contributed by atoms with van der Waals surface area (Å²) in [6.45, 7) is -1.64. The van der Waals surface area contributed by atoms with Gasteiger partial charge in [0.05, 0.1) is 24.8 Å². The van der Waals surface area contributed by atoms with E-state index >= 15 is 0 Å². The van der Waals surface area contributed by atoms with Crippen LogP contribution in [0.4, 0.5) is 0 Å². The topological polar surface area (TPSA) is 309 Å². The molecule has 6 rings (SSSR count). The number of carbonyl (C=O) groups excluding carboxylic acids is 1. The van der Waals surface area contributed by atoms with E-state index in [4.69, 9.17) is 32.8 Å². The maximum absolute atomic E-state index is 12.5. The molecule has 3 aromatic carbocycles. The first kappa shape index (κ1) is 40.2. The van der Waals surface area contributed by atoms with Crippen LogP contribution < -0.4 is 19.3 Å². The van der Waals surface area contributed by atoms with Gasteiger partial charge in [-0.3, -0.25) is 0 Å². The van der Waals surface area contributed by atoms with E-state index < -0.39 is 97.8 Å². The molecular weight excluding hydrogens is 748 g/mol. The van der Waals surface area contributed by atoms with E-state index in [1.54, 1.807) is 12.1 Å². The normalized spacial score (nSPS) is 27.9. The number of aliphatic hydroxyl groups excluding tert-OH is 6. The molecule has 3 heterocycles. The summed E-state index contributed by atoms with van der Waals surface area (Å²) >= 11 is 0. The second kappa shape index (κ2) is 16.7. The number of benzene rings is 3. The van der Waals surface area contributed by atoms with Crippen LogP contribution in [0.2, 0.25) is 0 Å². The Morgan fingerprint density at radius 1 is 0.750 bits per heavy atom. The number of aliphatic hydroxyl groups is 6. The third-order valence-corrected chi connectivity index (χ3v) is 9.02. The standard InChI is InChI=1S/C37H38O19/c1-50-23-9-16(8-20(41)28(23)43)35-24(12-19-21(52-35)10-18(40)11-22(19)53-36-33(48)31(46)29(44)25(13-38)55-36)54-37-34(49)32(47)30(45)26(56-37)14-51-27(42)7-4-15-2-5-17(39)6-3-15/h2-12,25-26,29-34,36-37,39-41,43-49H,13-14H2,1H3/b7-4+/t25-,26-,29-,30-,31+,32+,33-,34-,36-,37-/m1/s1. The van der Waals surface area contributed by atoms with Crippen LogP contribution in [-0.4, -0.2) is 139 Å². The average molecular weight is 787 g/mol. The summed E-state index contributed by atoms with van der Waals surface area (Å²) in [7, 11) is 1.21. The molecule has 2 aliphatic rings. The molecule has 0 amide bonds. The van der Waals surface area contributed by atoms with Crippen LogP contribution in [0.5, 0.6) is 40.2 Å². The summed E-state index contributed by atoms with van der Waals surface area (Å²) < 4.78 is 39.4. The number of fused-ring (bicyclic) bond motifs is 1. The highest BCUT2D eigenvalue weighted by Gasteiger charge is 2.47. The quantitative estimate of drug-likeness (QED) is 0.0385. The van der Waals surface area contributed by atoms with Gasteiger partial charge in [0, 0.05) is 30.3 Å². The number of rotatable bonds is 11. The van der Waals surface area contributed by atoms with Crippen LogP contribution in [0, 0.1) is 0 Å². The lowest BCUT2D eigenvalue weighted by Gasteiger charge is -2.41. The molecule has 10 atom stereocenters. The number of aromatic hydroxyl groups is 4. The predicted octanol–water partition coefficient (Wildman–Crippen LogP) is -0.798. The van der Waals surface area contributed by atoms with Gasteiger partial charge in [-0.15, -0.1) is 6.61 Å². The summed E-state index contributed by atoms with van der Waals surface area (Å²) in [6.07, 6.45) is -15.2. The summed E-state index contributed by atoms with van der Waals surface area (Å²) in [5.41, 5.74) is 0.398. The van der Waals surface area contributed by atoms with Crippen LogP contribution in [0.25, 0.3) is 28.4 Å². The van der Waals surface area contributed by atoms with E-state index in [0.29, 0.717) is 5.56 Å². The molecule has 56 heavy (non-hydrogen) atoms. The van der Waals surface area contributed by atoms with Crippen molar-refractivity contribution in [2.75, 3.05) is 20.3 Å². The maximum atomic E-state index is 12.5. The summed E-state index contributed by atoms with van der Waals surface area (Å²) in [5, 5.41) is 116. The van der Waals surface area contributed by atoms with Crippen molar-refractivity contribution in [1.82, 2.24) is 0 Å². The Balaban J connectivity index is 1.35. The number of methoxy groups -OCH3 is 1. The summed E-state index contributed by atoms with van der Waals surface area (Å²) in [6, 6.07) is 11.6. The minimum Gasteiger partial charge on any atom is -0.853 e. The molecule has 19 nitrogen and oxygen atoms in total. The molecule has 2 saturated heterocycles. The molecule has 0 spiro atoms. The number of esters is 1. The minimum absolute atomic E-state index is 0.0157. The van der Waals surface area contributed by atoms with Crippen molar-refractivity contribution in [3.8, 4) is 51.6 Å². The van der Waals surface area contributed by atoms with Crippen molar-refractivity contribution < 1.29 is 93.8 Å². The molecule has 0 aliphatic carbocycles. The lowest BCUT2D eigenvalue weighted by molar-refractivity contribution is -0.410. The van der Waals surface area contributed by atoms with E-state index in [0.717, 1.165) is 24.3 Å². The monoisotopic (exact) mass is 786 g/mol. The zero-order chi connectivity index (χ0) is 40.4. The van der Waals surface area contributed by atoms with Gasteiger partial charge in [0.1, 0.15) is 72.0 Å². The van der Waals surface area contributed by atoms with Gasteiger partial charge in [-0.05, 0) is 23.8 Å². The average Bonchev–Trinajstić information content (AvgIpc) is 3.18. The lowest BCUT2D eigenvalue weighted by Crippen LogP contribution is -2.61. The van der Waals surface area contributed by atoms with Crippen molar-refractivity contribution >= 4 is 23.0 Å².